The maximum absolute atomic E-state index is 11.9. The third kappa shape index (κ3) is 2.17. The summed E-state index contributed by atoms with van der Waals surface area (Å²) in [7, 11) is 0. The van der Waals surface area contributed by atoms with Gasteiger partial charge in [-0.2, -0.15) is 5.21 Å². The molecule has 0 amide bonds. The van der Waals surface area contributed by atoms with E-state index in [0.29, 0.717) is 17.0 Å². The molecule has 0 saturated heterocycles. The van der Waals surface area contributed by atoms with Crippen LogP contribution in [0.5, 0.6) is 0 Å². The number of hydrogen-bond donors (Lipinski definition) is 3. The highest BCUT2D eigenvalue weighted by Gasteiger charge is 2.11. The Morgan fingerprint density at radius 2 is 2.16 bits per heavy atom. The van der Waals surface area contributed by atoms with E-state index in [0.717, 1.165) is 5.39 Å². The van der Waals surface area contributed by atoms with Crippen molar-refractivity contribution in [2.75, 3.05) is 5.32 Å². The van der Waals surface area contributed by atoms with Crippen molar-refractivity contribution >= 4 is 16.6 Å². The van der Waals surface area contributed by atoms with Gasteiger partial charge in [-0.15, -0.1) is 10.2 Å². The van der Waals surface area contributed by atoms with Crippen LogP contribution >= 0.6 is 0 Å². The second-order valence-corrected chi connectivity index (χ2v) is 4.24. The van der Waals surface area contributed by atoms with Gasteiger partial charge in [0.15, 0.2) is 5.82 Å². The molecule has 96 valence electrons. The van der Waals surface area contributed by atoms with Gasteiger partial charge in [-0.05, 0) is 24.4 Å². The molecule has 0 bridgehead atoms. The maximum atomic E-state index is 11.9. The van der Waals surface area contributed by atoms with Crippen LogP contribution in [-0.2, 0) is 0 Å². The lowest BCUT2D eigenvalue weighted by Gasteiger charge is -2.11. The molecule has 3 N–H and O–H groups in total. The Hall–Kier alpha value is -2.70. The van der Waals surface area contributed by atoms with E-state index in [1.165, 1.54) is 0 Å². The van der Waals surface area contributed by atoms with Crippen molar-refractivity contribution in [1.29, 1.82) is 0 Å². The van der Waals surface area contributed by atoms with Crippen LogP contribution in [0.1, 0.15) is 18.8 Å². The first-order chi connectivity index (χ1) is 9.24. The minimum Gasteiger partial charge on any atom is -0.362 e. The quantitative estimate of drug-likeness (QED) is 0.654. The molecule has 0 saturated carbocycles. The lowest BCUT2D eigenvalue weighted by atomic mass is 10.2. The van der Waals surface area contributed by atoms with Crippen molar-refractivity contribution in [2.45, 2.75) is 13.0 Å². The molecule has 1 unspecified atom stereocenters. The Bertz CT molecular complexity index is 748. The van der Waals surface area contributed by atoms with Gasteiger partial charge in [0.2, 0.25) is 0 Å². The van der Waals surface area contributed by atoms with Gasteiger partial charge in [0.05, 0.1) is 6.04 Å². The number of hydrogen-bond acceptors (Lipinski definition) is 5. The number of benzene rings is 1. The van der Waals surface area contributed by atoms with E-state index in [-0.39, 0.29) is 11.6 Å². The fraction of sp³-hybridized carbons (Fsp3) is 0.167. The summed E-state index contributed by atoms with van der Waals surface area (Å²) in [4.78, 5) is 14.7. The van der Waals surface area contributed by atoms with Crippen molar-refractivity contribution in [2.24, 2.45) is 0 Å². The van der Waals surface area contributed by atoms with E-state index in [1.807, 2.05) is 31.2 Å². The zero-order chi connectivity index (χ0) is 13.2. The first kappa shape index (κ1) is 11.4. The topological polar surface area (TPSA) is 99.4 Å². The molecular weight excluding hydrogens is 244 g/mol. The molecule has 1 atom stereocenters. The molecule has 19 heavy (non-hydrogen) atoms. The highest BCUT2D eigenvalue weighted by molar-refractivity contribution is 5.83. The van der Waals surface area contributed by atoms with Gasteiger partial charge in [-0.25, -0.2) is 0 Å². The Labute approximate surface area is 108 Å². The van der Waals surface area contributed by atoms with Crippen LogP contribution in [0.2, 0.25) is 0 Å². The van der Waals surface area contributed by atoms with Gasteiger partial charge >= 0.3 is 0 Å². The highest BCUT2D eigenvalue weighted by Crippen LogP contribution is 2.16. The first-order valence-electron chi connectivity index (χ1n) is 5.86. The second kappa shape index (κ2) is 4.52. The second-order valence-electron chi connectivity index (χ2n) is 4.24. The molecule has 7 nitrogen and oxygen atoms in total. The van der Waals surface area contributed by atoms with Gasteiger partial charge < -0.3 is 10.3 Å². The van der Waals surface area contributed by atoms with E-state index in [1.54, 1.807) is 6.07 Å². The molecule has 0 aliphatic carbocycles. The zero-order valence-electron chi connectivity index (χ0n) is 10.2. The average molecular weight is 256 g/mol. The Morgan fingerprint density at radius 1 is 1.32 bits per heavy atom. The lowest BCUT2D eigenvalue weighted by molar-refractivity contribution is 0.788. The lowest BCUT2D eigenvalue weighted by Crippen LogP contribution is -2.14. The largest absolute Gasteiger partial charge is 0.362 e. The molecule has 0 aliphatic rings. The number of aromatic nitrogens is 5. The van der Waals surface area contributed by atoms with Crippen molar-refractivity contribution in [3.63, 3.8) is 0 Å². The molecule has 3 rings (SSSR count). The van der Waals surface area contributed by atoms with Crippen LogP contribution in [0.25, 0.3) is 10.8 Å². The number of pyridine rings is 1. The van der Waals surface area contributed by atoms with Crippen LogP contribution < -0.4 is 10.9 Å². The first-order valence-corrected chi connectivity index (χ1v) is 5.86. The molecule has 0 fully saturated rings. The summed E-state index contributed by atoms with van der Waals surface area (Å²) in [5, 5.41) is 18.4. The smallest absolute Gasteiger partial charge is 0.257 e. The van der Waals surface area contributed by atoms with Crippen LogP contribution in [-0.4, -0.2) is 25.6 Å². The molecule has 0 aliphatic heterocycles. The predicted octanol–water partition coefficient (Wildman–Crippen LogP) is 1.21. The van der Waals surface area contributed by atoms with Crippen molar-refractivity contribution in [1.82, 2.24) is 25.6 Å². The third-order valence-corrected chi connectivity index (χ3v) is 2.87. The molecule has 0 radical (unpaired) electrons. The molecule has 0 spiro atoms. The summed E-state index contributed by atoms with van der Waals surface area (Å²) in [6.45, 7) is 1.89. The minimum absolute atomic E-state index is 0.124. The Kier molecular flexibility index (Phi) is 2.71. The summed E-state index contributed by atoms with van der Waals surface area (Å²) in [6, 6.07) is 9.15. The molecule has 7 heteroatoms. The van der Waals surface area contributed by atoms with Gasteiger partial charge in [-0.3, -0.25) is 4.79 Å². The number of rotatable bonds is 3. The zero-order valence-corrected chi connectivity index (χ0v) is 10.2. The number of fused-ring (bicyclic) bond motifs is 1. The van der Waals surface area contributed by atoms with Gasteiger partial charge in [0, 0.05) is 5.39 Å². The maximum Gasteiger partial charge on any atom is 0.257 e. The number of aromatic amines is 2. The van der Waals surface area contributed by atoms with Crippen molar-refractivity contribution in [3.8, 4) is 0 Å². The van der Waals surface area contributed by atoms with Crippen molar-refractivity contribution < 1.29 is 0 Å². The average Bonchev–Trinajstić information content (AvgIpc) is 2.93. The molecular formula is C12H12N6O. The van der Waals surface area contributed by atoms with Crippen LogP contribution in [0.4, 0.5) is 5.82 Å². The summed E-state index contributed by atoms with van der Waals surface area (Å²) in [5.41, 5.74) is -0.124. The molecule has 2 aromatic heterocycles. The van der Waals surface area contributed by atoms with Crippen LogP contribution in [0, 0.1) is 0 Å². The summed E-state index contributed by atoms with van der Waals surface area (Å²) < 4.78 is 0. The monoisotopic (exact) mass is 256 g/mol. The van der Waals surface area contributed by atoms with E-state index in [9.17, 15) is 4.79 Å². The van der Waals surface area contributed by atoms with Crippen LogP contribution in [0.15, 0.2) is 35.1 Å². The fourth-order valence-electron chi connectivity index (χ4n) is 1.94. The molecule has 2 heterocycles. The van der Waals surface area contributed by atoms with Gasteiger partial charge in [-0.1, -0.05) is 23.4 Å². The van der Waals surface area contributed by atoms with E-state index < -0.39 is 0 Å². The normalized spacial score (nSPS) is 12.5. The number of anilines is 1. The van der Waals surface area contributed by atoms with Gasteiger partial charge in [0.25, 0.3) is 5.56 Å². The summed E-state index contributed by atoms with van der Waals surface area (Å²) in [5.74, 6) is 1.16. The third-order valence-electron chi connectivity index (χ3n) is 2.87. The number of nitrogens with zero attached hydrogens (tertiary/aromatic N) is 3. The number of tetrazole rings is 1. The highest BCUT2D eigenvalue weighted by atomic mass is 16.1. The standard InChI is InChI=1S/C12H12N6O/c1-7(11-15-17-18-16-11)13-10-6-8-4-2-3-5-9(8)12(19)14-10/h2-7H,1H3,(H2,13,14,19)(H,15,16,17,18). The molecule has 1 aromatic carbocycles. The Balaban J connectivity index is 1.95. The van der Waals surface area contributed by atoms with Crippen LogP contribution in [0.3, 0.4) is 0 Å². The summed E-state index contributed by atoms with van der Waals surface area (Å²) >= 11 is 0. The number of nitrogens with one attached hydrogen (secondary N) is 3. The van der Waals surface area contributed by atoms with E-state index in [4.69, 9.17) is 0 Å². The fourth-order valence-corrected chi connectivity index (χ4v) is 1.94. The minimum atomic E-state index is -0.157. The Morgan fingerprint density at radius 3 is 2.95 bits per heavy atom. The van der Waals surface area contributed by atoms with Crippen molar-refractivity contribution in [3.05, 3.63) is 46.5 Å². The molecule has 3 aromatic rings. The SMILES string of the molecule is CC(Nc1cc2ccccc2c(=O)[nH]1)c1nn[nH]n1. The summed E-state index contributed by atoms with van der Waals surface area (Å²) in [6.07, 6.45) is 0. The van der Waals surface area contributed by atoms with E-state index in [2.05, 4.69) is 30.9 Å². The van der Waals surface area contributed by atoms with Gasteiger partial charge in [0.1, 0.15) is 5.82 Å². The number of H-pyrrole nitrogens is 2. The van der Waals surface area contributed by atoms with E-state index >= 15 is 0 Å². The predicted molar refractivity (Wildman–Crippen MR) is 70.8 cm³/mol.